The van der Waals surface area contributed by atoms with Crippen molar-refractivity contribution >= 4 is 75.1 Å². The summed E-state index contributed by atoms with van der Waals surface area (Å²) < 4.78 is 26.9. The van der Waals surface area contributed by atoms with E-state index in [1.165, 1.54) is 29.5 Å². The van der Waals surface area contributed by atoms with Crippen LogP contribution < -0.4 is 11.1 Å². The number of carboxylic acids is 1. The second-order valence-electron chi connectivity index (χ2n) is 8.13. The molecule has 9 nitrogen and oxygen atoms in total. The summed E-state index contributed by atoms with van der Waals surface area (Å²) in [5.41, 5.74) is 6.24. The minimum atomic E-state index is -1.42. The lowest BCUT2D eigenvalue weighted by molar-refractivity contribution is -0.133. The molecule has 1 aliphatic heterocycles. The van der Waals surface area contributed by atoms with Crippen LogP contribution in [0.1, 0.15) is 21.7 Å². The molecule has 14 heteroatoms. The standard InChI is InChI=1S/C25H17F2N3O6S3/c26-16-4-1-11(6-17(16)27)12-5-14(38-10-12)8-20-23(34)30(25(37)39-20)18(22(28)33)9-21(32)29-13-2-3-15(24(35)36)19(31)7-13/h1-8,10,18,31H,9H2,(H2,28,33)(H,29,32)(H,35,36)/t18-/m1/s1. The summed E-state index contributed by atoms with van der Waals surface area (Å²) in [6.45, 7) is 0. The first-order chi connectivity index (χ1) is 18.4. The smallest absolute Gasteiger partial charge is 0.339 e. The number of aromatic carboxylic acids is 1. The molecule has 1 saturated heterocycles. The van der Waals surface area contributed by atoms with Gasteiger partial charge in [-0.2, -0.15) is 0 Å². The van der Waals surface area contributed by atoms with E-state index in [4.69, 9.17) is 23.1 Å². The van der Waals surface area contributed by atoms with Gasteiger partial charge in [-0.1, -0.05) is 30.0 Å². The Labute approximate surface area is 232 Å². The van der Waals surface area contributed by atoms with Crippen molar-refractivity contribution in [2.24, 2.45) is 5.73 Å². The van der Waals surface area contributed by atoms with E-state index in [-0.39, 0.29) is 20.5 Å². The van der Waals surface area contributed by atoms with Crippen LogP contribution in [0.15, 0.2) is 52.7 Å². The first-order valence-corrected chi connectivity index (χ1v) is 13.0. The maximum Gasteiger partial charge on any atom is 0.339 e. The summed E-state index contributed by atoms with van der Waals surface area (Å²) in [5, 5.41) is 22.9. The lowest BCUT2D eigenvalue weighted by Crippen LogP contribution is -2.48. The number of primary amides is 1. The molecular formula is C25H17F2N3O6S3. The molecule has 0 radical (unpaired) electrons. The SMILES string of the molecule is NC(=O)[C@@H](CC(=O)Nc1ccc(C(=O)O)c(O)c1)N1C(=O)C(=Cc2cc(-c3ccc(F)c(F)c3)cs2)SC1=S. The highest BCUT2D eigenvalue weighted by atomic mass is 32.2. The van der Waals surface area contributed by atoms with Crippen molar-refractivity contribution < 1.29 is 38.2 Å². The van der Waals surface area contributed by atoms with Crippen LogP contribution in [0.2, 0.25) is 0 Å². The Kier molecular flexibility index (Phi) is 8.09. The Hall–Kier alpha value is -4.14. The monoisotopic (exact) mass is 589 g/mol. The molecule has 0 bridgehead atoms. The average molecular weight is 590 g/mol. The number of nitrogens with one attached hydrogen (secondary N) is 1. The summed E-state index contributed by atoms with van der Waals surface area (Å²) in [7, 11) is 0. The Balaban J connectivity index is 1.49. The van der Waals surface area contributed by atoms with Crippen LogP contribution in [-0.2, 0) is 14.4 Å². The van der Waals surface area contributed by atoms with Crippen LogP contribution in [0, 0.1) is 11.6 Å². The topological polar surface area (TPSA) is 150 Å². The zero-order valence-corrected chi connectivity index (χ0v) is 22.0. The number of hydrogen-bond acceptors (Lipinski definition) is 8. The predicted molar refractivity (Wildman–Crippen MR) is 146 cm³/mol. The fourth-order valence-electron chi connectivity index (χ4n) is 3.63. The molecule has 1 atom stereocenters. The number of amides is 3. The molecule has 200 valence electrons. The predicted octanol–water partition coefficient (Wildman–Crippen LogP) is 4.18. The first kappa shape index (κ1) is 27.9. The molecule has 1 fully saturated rings. The number of carboxylic acid groups (broad SMARTS) is 1. The van der Waals surface area contributed by atoms with Gasteiger partial charge in [-0.15, -0.1) is 11.3 Å². The lowest BCUT2D eigenvalue weighted by Gasteiger charge is -2.23. The van der Waals surface area contributed by atoms with Gasteiger partial charge in [-0.05, 0) is 52.9 Å². The molecule has 2 aromatic carbocycles. The summed E-state index contributed by atoms with van der Waals surface area (Å²) in [4.78, 5) is 50.7. The van der Waals surface area contributed by atoms with Crippen molar-refractivity contribution in [1.82, 2.24) is 4.90 Å². The van der Waals surface area contributed by atoms with Gasteiger partial charge in [-0.25, -0.2) is 13.6 Å². The average Bonchev–Trinajstić information content (AvgIpc) is 3.43. The number of nitrogens with zero attached hydrogens (tertiary/aromatic N) is 1. The maximum atomic E-state index is 13.6. The molecule has 3 aromatic rings. The van der Waals surface area contributed by atoms with Crippen molar-refractivity contribution in [2.75, 3.05) is 5.32 Å². The molecule has 0 spiro atoms. The Morgan fingerprint density at radius 3 is 2.49 bits per heavy atom. The van der Waals surface area contributed by atoms with Crippen molar-refractivity contribution in [3.63, 3.8) is 0 Å². The molecule has 3 amide bonds. The Bertz CT molecular complexity index is 1570. The number of halogens is 2. The number of carbonyl (C=O) groups is 4. The number of phenols is 1. The van der Waals surface area contributed by atoms with E-state index in [1.807, 2.05) is 0 Å². The zero-order chi connectivity index (χ0) is 28.4. The number of nitrogens with two attached hydrogens (primary N) is 1. The minimum Gasteiger partial charge on any atom is -0.507 e. The van der Waals surface area contributed by atoms with Gasteiger partial charge in [0.2, 0.25) is 11.8 Å². The van der Waals surface area contributed by atoms with Gasteiger partial charge in [0.15, 0.2) is 11.6 Å². The minimum absolute atomic E-state index is 0.00342. The van der Waals surface area contributed by atoms with Crippen LogP contribution in [0.3, 0.4) is 0 Å². The van der Waals surface area contributed by atoms with Gasteiger partial charge in [0.25, 0.3) is 5.91 Å². The number of anilines is 1. The van der Waals surface area contributed by atoms with Crippen LogP contribution in [-0.4, -0.2) is 49.2 Å². The van der Waals surface area contributed by atoms with Crippen LogP contribution in [0.25, 0.3) is 17.2 Å². The highest BCUT2D eigenvalue weighted by molar-refractivity contribution is 8.26. The largest absolute Gasteiger partial charge is 0.507 e. The number of thiocarbonyl (C=S) groups is 1. The third kappa shape index (κ3) is 6.13. The summed E-state index contributed by atoms with van der Waals surface area (Å²) in [6.07, 6.45) is 0.966. The summed E-state index contributed by atoms with van der Waals surface area (Å²) >= 11 is 7.43. The van der Waals surface area contributed by atoms with Crippen LogP contribution >= 0.6 is 35.3 Å². The Morgan fingerprint density at radius 1 is 1.10 bits per heavy atom. The molecule has 1 aromatic heterocycles. The molecule has 2 heterocycles. The second kappa shape index (κ2) is 11.3. The molecule has 1 aliphatic rings. The fourth-order valence-corrected chi connectivity index (χ4v) is 5.90. The van der Waals surface area contributed by atoms with Gasteiger partial charge in [0.05, 0.1) is 11.3 Å². The van der Waals surface area contributed by atoms with Gasteiger partial charge in [0.1, 0.15) is 21.7 Å². The number of thioether (sulfide) groups is 1. The third-order valence-corrected chi connectivity index (χ3v) is 7.71. The molecule has 5 N–H and O–H groups in total. The van der Waals surface area contributed by atoms with Crippen molar-refractivity contribution in [1.29, 1.82) is 0 Å². The third-order valence-electron chi connectivity index (χ3n) is 5.50. The number of thiophene rings is 1. The second-order valence-corrected chi connectivity index (χ2v) is 10.7. The number of benzene rings is 2. The normalized spacial score (nSPS) is 15.0. The number of rotatable bonds is 8. The van der Waals surface area contributed by atoms with E-state index < -0.39 is 53.5 Å². The quantitative estimate of drug-likeness (QED) is 0.226. The van der Waals surface area contributed by atoms with E-state index in [0.29, 0.717) is 16.0 Å². The van der Waals surface area contributed by atoms with Crippen molar-refractivity contribution in [3.05, 3.63) is 74.8 Å². The number of aromatic hydroxyl groups is 1. The van der Waals surface area contributed by atoms with Gasteiger partial charge >= 0.3 is 5.97 Å². The van der Waals surface area contributed by atoms with Gasteiger partial charge < -0.3 is 21.3 Å². The molecule has 39 heavy (non-hydrogen) atoms. The number of carbonyl (C=O) groups excluding carboxylic acids is 3. The van der Waals surface area contributed by atoms with E-state index in [9.17, 15) is 33.1 Å². The molecule has 0 saturated carbocycles. The van der Waals surface area contributed by atoms with E-state index in [0.717, 1.165) is 40.9 Å². The number of hydrogen-bond donors (Lipinski definition) is 4. The molecular weight excluding hydrogens is 572 g/mol. The Morgan fingerprint density at radius 2 is 1.85 bits per heavy atom. The lowest BCUT2D eigenvalue weighted by atomic mass is 10.1. The van der Waals surface area contributed by atoms with Gasteiger partial charge in [-0.3, -0.25) is 19.3 Å². The van der Waals surface area contributed by atoms with E-state index in [2.05, 4.69) is 5.32 Å². The zero-order valence-electron chi connectivity index (χ0n) is 19.5. The summed E-state index contributed by atoms with van der Waals surface area (Å²) in [6, 6.07) is 7.12. The van der Waals surface area contributed by atoms with Crippen LogP contribution in [0.5, 0.6) is 5.75 Å². The first-order valence-electron chi connectivity index (χ1n) is 10.9. The highest BCUT2D eigenvalue weighted by Gasteiger charge is 2.40. The molecule has 0 unspecified atom stereocenters. The van der Waals surface area contributed by atoms with Crippen LogP contribution in [0.4, 0.5) is 14.5 Å². The maximum absolute atomic E-state index is 13.6. The van der Waals surface area contributed by atoms with E-state index >= 15 is 0 Å². The van der Waals surface area contributed by atoms with Gasteiger partial charge in [0, 0.05) is 16.6 Å². The fraction of sp³-hybridized carbons (Fsp3) is 0.0800. The molecule has 0 aliphatic carbocycles. The van der Waals surface area contributed by atoms with Crippen molar-refractivity contribution in [3.8, 4) is 16.9 Å². The highest BCUT2D eigenvalue weighted by Crippen LogP contribution is 2.36. The molecule has 4 rings (SSSR count). The van der Waals surface area contributed by atoms with E-state index in [1.54, 1.807) is 11.4 Å². The van der Waals surface area contributed by atoms with Crippen molar-refractivity contribution in [2.45, 2.75) is 12.5 Å². The summed E-state index contributed by atoms with van der Waals surface area (Å²) in [5.74, 6) is -6.26.